The van der Waals surface area contributed by atoms with Gasteiger partial charge in [0.05, 0.1) is 15.7 Å². The zero-order valence-corrected chi connectivity index (χ0v) is 13.4. The third-order valence-corrected chi connectivity index (χ3v) is 5.66. The van der Waals surface area contributed by atoms with Crippen LogP contribution in [-0.2, 0) is 6.54 Å². The molecule has 3 aromatic carbocycles. The first-order chi connectivity index (χ1) is 11.4. The zero-order valence-electron chi connectivity index (χ0n) is 12.6. The van der Waals surface area contributed by atoms with Gasteiger partial charge in [-0.05, 0) is 17.7 Å². The summed E-state index contributed by atoms with van der Waals surface area (Å²) in [4.78, 5) is 0. The van der Waals surface area contributed by atoms with Gasteiger partial charge in [0.25, 0.3) is 0 Å². The Labute approximate surface area is 138 Å². The minimum atomic E-state index is 0.908. The number of para-hydroxylation sites is 1. The van der Waals surface area contributed by atoms with Crippen LogP contribution >= 0.6 is 11.3 Å². The van der Waals surface area contributed by atoms with Crippen LogP contribution in [0.2, 0.25) is 0 Å². The van der Waals surface area contributed by atoms with Crippen molar-refractivity contribution in [2.45, 2.75) is 6.54 Å². The van der Waals surface area contributed by atoms with Crippen LogP contribution in [-0.4, -0.2) is 4.57 Å². The second-order valence-electron chi connectivity index (χ2n) is 5.86. The predicted octanol–water partition coefficient (Wildman–Crippen LogP) is 6.06. The molecule has 2 heteroatoms. The Morgan fingerprint density at radius 2 is 1.39 bits per heavy atom. The van der Waals surface area contributed by atoms with E-state index in [1.54, 1.807) is 0 Å². The van der Waals surface area contributed by atoms with E-state index < -0.39 is 0 Å². The molecule has 0 N–H and O–H groups in total. The lowest BCUT2D eigenvalue weighted by atomic mass is 10.2. The summed E-state index contributed by atoms with van der Waals surface area (Å²) < 4.78 is 5.24. The highest BCUT2D eigenvalue weighted by Gasteiger charge is 2.15. The highest BCUT2D eigenvalue weighted by atomic mass is 32.1. The topological polar surface area (TPSA) is 4.93 Å². The molecule has 5 rings (SSSR count). The average Bonchev–Trinajstić information content (AvgIpc) is 3.12. The summed E-state index contributed by atoms with van der Waals surface area (Å²) in [5.41, 5.74) is 4.03. The molecule has 0 aliphatic carbocycles. The number of nitrogens with zero attached hydrogens (tertiary/aromatic N) is 1. The number of rotatable bonds is 2. The van der Waals surface area contributed by atoms with Gasteiger partial charge in [-0.3, -0.25) is 0 Å². The van der Waals surface area contributed by atoms with Gasteiger partial charge < -0.3 is 4.57 Å². The van der Waals surface area contributed by atoms with E-state index >= 15 is 0 Å². The molecule has 0 saturated carbocycles. The maximum absolute atomic E-state index is 2.47. The minimum absolute atomic E-state index is 0.908. The molecular weight excluding hydrogens is 298 g/mol. The van der Waals surface area contributed by atoms with Gasteiger partial charge in [0.1, 0.15) is 0 Å². The largest absolute Gasteiger partial charge is 0.335 e. The fourth-order valence-electron chi connectivity index (χ4n) is 3.43. The number of thiophene rings is 1. The van der Waals surface area contributed by atoms with E-state index in [0.717, 1.165) is 6.54 Å². The van der Waals surface area contributed by atoms with Crippen molar-refractivity contribution < 1.29 is 0 Å². The number of fused-ring (bicyclic) bond motifs is 5. The van der Waals surface area contributed by atoms with Crippen molar-refractivity contribution in [1.29, 1.82) is 0 Å². The molecule has 0 unspecified atom stereocenters. The SMILES string of the molecule is c1ccc(Cn2c3ccccc3c3sc4ccccc4c32)cc1. The van der Waals surface area contributed by atoms with Crippen molar-refractivity contribution in [2.75, 3.05) is 0 Å². The average molecular weight is 313 g/mol. The lowest BCUT2D eigenvalue weighted by molar-refractivity contribution is 0.872. The van der Waals surface area contributed by atoms with Crippen LogP contribution in [0.3, 0.4) is 0 Å². The molecule has 23 heavy (non-hydrogen) atoms. The van der Waals surface area contributed by atoms with Crippen LogP contribution in [0.25, 0.3) is 31.2 Å². The second-order valence-corrected chi connectivity index (χ2v) is 6.92. The monoisotopic (exact) mass is 313 g/mol. The first-order valence-corrected chi connectivity index (χ1v) is 8.66. The highest BCUT2D eigenvalue weighted by molar-refractivity contribution is 7.26. The van der Waals surface area contributed by atoms with E-state index in [1.165, 1.54) is 36.8 Å². The number of hydrogen-bond acceptors (Lipinski definition) is 1. The fraction of sp³-hybridized carbons (Fsp3) is 0.0476. The first kappa shape index (κ1) is 12.9. The Morgan fingerprint density at radius 1 is 0.696 bits per heavy atom. The maximum atomic E-state index is 2.47. The van der Waals surface area contributed by atoms with Crippen LogP contribution in [0, 0.1) is 0 Å². The third-order valence-electron chi connectivity index (χ3n) is 4.46. The fourth-order valence-corrected chi connectivity index (χ4v) is 4.67. The lowest BCUT2D eigenvalue weighted by Gasteiger charge is -2.07. The van der Waals surface area contributed by atoms with Crippen molar-refractivity contribution >= 4 is 42.5 Å². The van der Waals surface area contributed by atoms with Gasteiger partial charge in [-0.15, -0.1) is 11.3 Å². The standard InChI is InChI=1S/C21H15NS/c1-2-8-15(9-3-1)14-22-18-12-6-4-10-16(18)21-20(22)17-11-5-7-13-19(17)23-21/h1-13H,14H2. The summed E-state index contributed by atoms with van der Waals surface area (Å²) in [5, 5.41) is 2.72. The van der Waals surface area contributed by atoms with Crippen LogP contribution < -0.4 is 0 Å². The van der Waals surface area contributed by atoms with E-state index in [2.05, 4.69) is 83.4 Å². The maximum Gasteiger partial charge on any atom is 0.0684 e. The molecule has 110 valence electrons. The number of aromatic nitrogens is 1. The lowest BCUT2D eigenvalue weighted by Crippen LogP contribution is -1.98. The van der Waals surface area contributed by atoms with Crippen LogP contribution in [0.5, 0.6) is 0 Å². The molecular formula is C21H15NS. The molecule has 0 spiro atoms. The van der Waals surface area contributed by atoms with Gasteiger partial charge in [0.15, 0.2) is 0 Å². The van der Waals surface area contributed by atoms with Crippen molar-refractivity contribution in [2.24, 2.45) is 0 Å². The molecule has 0 bridgehead atoms. The molecule has 0 radical (unpaired) electrons. The van der Waals surface area contributed by atoms with E-state index in [-0.39, 0.29) is 0 Å². The quantitative estimate of drug-likeness (QED) is 0.373. The Hall–Kier alpha value is -2.58. The smallest absolute Gasteiger partial charge is 0.0684 e. The van der Waals surface area contributed by atoms with Gasteiger partial charge in [-0.1, -0.05) is 66.7 Å². The van der Waals surface area contributed by atoms with Gasteiger partial charge in [-0.2, -0.15) is 0 Å². The van der Waals surface area contributed by atoms with E-state index in [0.29, 0.717) is 0 Å². The normalized spacial score (nSPS) is 11.7. The molecule has 0 amide bonds. The van der Waals surface area contributed by atoms with Crippen LogP contribution in [0.4, 0.5) is 0 Å². The van der Waals surface area contributed by atoms with E-state index in [9.17, 15) is 0 Å². The van der Waals surface area contributed by atoms with Gasteiger partial charge in [-0.25, -0.2) is 0 Å². The van der Waals surface area contributed by atoms with Crippen molar-refractivity contribution in [3.8, 4) is 0 Å². The third kappa shape index (κ3) is 1.92. The molecule has 0 atom stereocenters. The number of hydrogen-bond donors (Lipinski definition) is 0. The summed E-state index contributed by atoms with van der Waals surface area (Å²) in [6.45, 7) is 0.908. The van der Waals surface area contributed by atoms with Crippen molar-refractivity contribution in [3.63, 3.8) is 0 Å². The molecule has 0 aliphatic rings. The first-order valence-electron chi connectivity index (χ1n) is 7.84. The van der Waals surface area contributed by atoms with Gasteiger partial charge in [0.2, 0.25) is 0 Å². The highest BCUT2D eigenvalue weighted by Crippen LogP contribution is 2.40. The molecule has 2 heterocycles. The summed E-state index contributed by atoms with van der Waals surface area (Å²) in [6, 6.07) is 28.2. The van der Waals surface area contributed by atoms with Crippen LogP contribution in [0.1, 0.15) is 5.56 Å². The molecule has 0 saturated heterocycles. The van der Waals surface area contributed by atoms with Crippen molar-refractivity contribution in [1.82, 2.24) is 4.57 Å². The van der Waals surface area contributed by atoms with E-state index in [4.69, 9.17) is 0 Å². The minimum Gasteiger partial charge on any atom is -0.335 e. The van der Waals surface area contributed by atoms with Crippen LogP contribution in [0.15, 0.2) is 78.9 Å². The van der Waals surface area contributed by atoms with Gasteiger partial charge in [0, 0.05) is 22.0 Å². The Bertz CT molecular complexity index is 1130. The molecule has 2 aromatic heterocycles. The summed E-state index contributed by atoms with van der Waals surface area (Å²) in [5.74, 6) is 0. The zero-order chi connectivity index (χ0) is 15.2. The molecule has 5 aromatic rings. The van der Waals surface area contributed by atoms with Gasteiger partial charge >= 0.3 is 0 Å². The summed E-state index contributed by atoms with van der Waals surface area (Å²) in [7, 11) is 0. The number of benzene rings is 3. The molecule has 1 nitrogen and oxygen atoms in total. The Kier molecular flexibility index (Phi) is 2.79. The molecule has 0 aliphatic heterocycles. The Balaban J connectivity index is 1.90. The predicted molar refractivity (Wildman–Crippen MR) is 100 cm³/mol. The second kappa shape index (κ2) is 4.97. The molecule has 0 fully saturated rings. The summed E-state index contributed by atoms with van der Waals surface area (Å²) >= 11 is 1.90. The summed E-state index contributed by atoms with van der Waals surface area (Å²) in [6.07, 6.45) is 0. The van der Waals surface area contributed by atoms with Crippen molar-refractivity contribution in [3.05, 3.63) is 84.4 Å². The van der Waals surface area contributed by atoms with E-state index in [1.807, 2.05) is 11.3 Å². The Morgan fingerprint density at radius 3 is 2.26 bits per heavy atom.